The van der Waals surface area contributed by atoms with Gasteiger partial charge in [0.25, 0.3) is 22.2 Å². The number of anilines is 2. The van der Waals surface area contributed by atoms with Crippen LogP contribution in [0.25, 0.3) is 74.2 Å². The van der Waals surface area contributed by atoms with Crippen LogP contribution in [0.3, 0.4) is 0 Å². The molecule has 1 saturated carbocycles. The molecule has 8 heterocycles. The lowest BCUT2D eigenvalue weighted by atomic mass is 9.87. The van der Waals surface area contributed by atoms with Crippen molar-refractivity contribution in [2.75, 3.05) is 38.4 Å². The largest absolute Gasteiger partial charge is 0.481 e. The number of unbranched alkanes of at least 4 members (excludes halogenated alkanes) is 10. The Hall–Kier alpha value is -12.1. The maximum Gasteiger partial charge on any atom is 0.349 e. The number of benzene rings is 4. The molecule has 7 aliphatic heterocycles. The number of rotatable bonds is 33. The molecule has 32 nitrogen and oxygen atoms in total. The molecule has 1 aliphatic carbocycles. The van der Waals surface area contributed by atoms with Crippen LogP contribution >= 0.6 is 0 Å². The highest BCUT2D eigenvalue weighted by Gasteiger charge is 2.31. The van der Waals surface area contributed by atoms with Gasteiger partial charge in [0.2, 0.25) is 0 Å². The first-order valence-electron chi connectivity index (χ1n) is 41.7. The maximum atomic E-state index is 12.4. The van der Waals surface area contributed by atoms with E-state index in [1.807, 2.05) is 131 Å². The van der Waals surface area contributed by atoms with Gasteiger partial charge in [0, 0.05) is 52.6 Å². The van der Waals surface area contributed by atoms with Gasteiger partial charge in [-0.1, -0.05) is 51.5 Å². The molecule has 0 atom stereocenters. The van der Waals surface area contributed by atoms with E-state index in [9.17, 15) is 52.7 Å². The number of aromatic nitrogens is 14. The van der Waals surface area contributed by atoms with Crippen molar-refractivity contribution in [1.29, 1.82) is 0 Å². The third-order valence-corrected chi connectivity index (χ3v) is 21.8. The number of esters is 3. The first-order chi connectivity index (χ1) is 57.6. The molecule has 0 bridgehead atoms. The molecule has 13 rings (SSSR count). The third-order valence-electron chi connectivity index (χ3n) is 21.8. The second-order valence-corrected chi connectivity index (χ2v) is 32.5. The monoisotopic (exact) mass is 1660 g/mol. The van der Waals surface area contributed by atoms with Gasteiger partial charge in [0.05, 0.1) is 69.7 Å². The summed E-state index contributed by atoms with van der Waals surface area (Å²) in [6.45, 7) is 32.5. The zero-order valence-electron chi connectivity index (χ0n) is 71.9. The molecule has 0 unspecified atom stereocenters. The van der Waals surface area contributed by atoms with E-state index in [0.717, 1.165) is 157 Å². The van der Waals surface area contributed by atoms with Crippen LogP contribution in [0.15, 0.2) is 87.1 Å². The lowest BCUT2D eigenvalue weighted by Gasteiger charge is -2.28. The summed E-state index contributed by atoms with van der Waals surface area (Å²) in [4.78, 5) is 177. The number of aryl methyl sites for hydroxylation is 10. The molecular formula is C89H112N16O16. The van der Waals surface area contributed by atoms with Gasteiger partial charge in [-0.25, -0.2) is 39.3 Å². The highest BCUT2D eigenvalue weighted by Crippen LogP contribution is 2.43. The van der Waals surface area contributed by atoms with Crippen LogP contribution in [-0.4, -0.2) is 137 Å². The maximum absolute atomic E-state index is 12.4. The predicted molar refractivity (Wildman–Crippen MR) is 462 cm³/mol. The van der Waals surface area contributed by atoms with Gasteiger partial charge < -0.3 is 47.6 Å². The van der Waals surface area contributed by atoms with Crippen molar-refractivity contribution in [3.05, 3.63) is 177 Å². The first kappa shape index (κ1) is 91.2. The molecule has 1 fully saturated rings. The van der Waals surface area contributed by atoms with Crippen LogP contribution in [0, 0.1) is 53.9 Å². The number of aromatic amines is 4. The Morgan fingerprint density at radius 3 is 1.38 bits per heavy atom. The molecule has 0 radical (unpaired) electrons. The lowest BCUT2D eigenvalue weighted by Crippen LogP contribution is -2.42. The number of fused-ring (bicyclic) bond motifs is 8. The lowest BCUT2D eigenvalue weighted by molar-refractivity contribution is -0.161. The van der Waals surface area contributed by atoms with Crippen molar-refractivity contribution in [2.24, 2.45) is 10.4 Å². The normalized spacial score (nSPS) is 12.5. The van der Waals surface area contributed by atoms with Crippen LogP contribution in [0.1, 0.15) is 220 Å². The number of carbonyl (C=O) groups is 4. The standard InChI is InChI=1S/C24H32N4O5.C23H28N4O4.C23H30N4O4.C19H22N4O3/c1-15-12-17-18(13-16(15)2)28(21-20(25-17)22(30)27-23(31)26-21)11-9-7-6-8-10-19(29)33-24(3,4)14-32-5;1-3-31-19(28)8-6-4-5-7-11-27-18-13-16(15-9-10-15)14(2)12-17(18)24-20-21(27)25-23(30)26-22(20)29;1-6-31-21(29)23(4,5)10-8-7-9-11-27-17-13-15(3)14(2)12-16(17)24-18-19(27)25-22(30)26-20(18)28;1-11-9-14-15(10-12(11)2)23(8-6-4-5-7-16(24)25)18-17(22-14)19(26)21-13(3)20-18/h12-13H,6-11,14H2,1-5H3,(H,27,30,31);12-13,15H,3-11H2,1-2H3,(H,26,29,30);12-13H,6-11H2,1-5H3,(H,26,28,30);9-10H,3-8H2,1-2H3,(H,21,26)(H,24,25). The van der Waals surface area contributed by atoms with Crippen molar-refractivity contribution in [3.63, 3.8) is 0 Å². The van der Waals surface area contributed by atoms with E-state index in [4.69, 9.17) is 24.1 Å². The second-order valence-electron chi connectivity index (χ2n) is 32.5. The Labute approximate surface area is 698 Å². The van der Waals surface area contributed by atoms with E-state index in [2.05, 4.69) is 85.5 Å². The van der Waals surface area contributed by atoms with E-state index in [1.165, 1.54) is 24.0 Å². The molecule has 0 amide bonds. The summed E-state index contributed by atoms with van der Waals surface area (Å²) in [5.74, 6) is 0.683. The Balaban J connectivity index is 0.000000170. The fourth-order valence-electron chi connectivity index (χ4n) is 14.8. The summed E-state index contributed by atoms with van der Waals surface area (Å²) >= 11 is 0. The molecule has 32 heteroatoms. The molecule has 0 spiro atoms. The SMILES string of the molecule is C=c1nc2c(c(=O)[nH]1)=Nc1cc(C)c(C)cc1N2CCCCCC(=O)O.CCOC(=O)C(C)(C)CCCCCn1c2nc(=O)[nH]c(=O)c-2nc2cc(C)c(C)cc21.CCOC(=O)CCCCCCn1c2nc(=O)[nH]c(=O)c-2nc2cc(C)c(C3CC3)cc21.COCC(C)(C)OC(=O)CCCCCCn1c2nc(=O)[nH]c(=O)c-2nc2cc(C)c(C)cc21. The van der Waals surface area contributed by atoms with E-state index in [1.54, 1.807) is 14.0 Å². The number of carboxylic acid groups (broad SMARTS) is 1. The van der Waals surface area contributed by atoms with Gasteiger partial charge >= 0.3 is 40.9 Å². The number of H-pyrrole nitrogens is 4. The number of methoxy groups -OCH3 is 1. The summed E-state index contributed by atoms with van der Waals surface area (Å²) in [6, 6.07) is 16.2. The molecule has 5 aromatic rings. The summed E-state index contributed by atoms with van der Waals surface area (Å²) in [5.41, 5.74) is 11.2. The van der Waals surface area contributed by atoms with Crippen molar-refractivity contribution in [3.8, 4) is 34.6 Å². The predicted octanol–water partition coefficient (Wildman–Crippen LogP) is 11.6. The molecule has 5 N–H and O–H groups in total. The summed E-state index contributed by atoms with van der Waals surface area (Å²) in [5, 5.41) is 9.05. The molecule has 0 saturated heterocycles. The Bertz CT molecular complexity index is 6110. The van der Waals surface area contributed by atoms with Crippen LogP contribution in [0.5, 0.6) is 0 Å². The summed E-state index contributed by atoms with van der Waals surface area (Å²) in [6.07, 6.45) is 15.6. The summed E-state index contributed by atoms with van der Waals surface area (Å²) in [7, 11) is 1.58. The number of hydrogen-bond donors (Lipinski definition) is 5. The number of hydrogen-bond acceptors (Lipinski definition) is 24. The van der Waals surface area contributed by atoms with E-state index in [0.29, 0.717) is 116 Å². The highest BCUT2D eigenvalue weighted by atomic mass is 16.6. The van der Waals surface area contributed by atoms with Crippen LogP contribution < -0.4 is 55.0 Å². The highest BCUT2D eigenvalue weighted by molar-refractivity contribution is 5.84. The minimum absolute atomic E-state index is 0.155. The van der Waals surface area contributed by atoms with Crippen LogP contribution in [0.4, 0.5) is 17.2 Å². The van der Waals surface area contributed by atoms with E-state index in [-0.39, 0.29) is 47.0 Å². The molecular weight excluding hydrogens is 1550 g/mol. The van der Waals surface area contributed by atoms with Gasteiger partial charge in [-0.2, -0.15) is 15.0 Å². The molecule has 8 aliphatic rings. The van der Waals surface area contributed by atoms with Crippen LogP contribution in [-0.2, 0) is 57.8 Å². The Morgan fingerprint density at radius 2 is 0.901 bits per heavy atom. The van der Waals surface area contributed by atoms with Crippen molar-refractivity contribution < 1.29 is 43.2 Å². The minimum atomic E-state index is -0.779. The Kier molecular flexibility index (Phi) is 30.7. The quantitative estimate of drug-likeness (QED) is 0.0110. The third kappa shape index (κ3) is 23.5. The number of ether oxygens (including phenoxy) is 4. The Morgan fingerprint density at radius 1 is 0.479 bits per heavy atom. The molecule has 1 aromatic heterocycles. The van der Waals surface area contributed by atoms with E-state index >= 15 is 0 Å². The topological polar surface area (TPSA) is 429 Å². The van der Waals surface area contributed by atoms with Crippen molar-refractivity contribution in [2.45, 2.75) is 250 Å². The zero-order valence-corrected chi connectivity index (χ0v) is 71.9. The average molecular weight is 1660 g/mol. The van der Waals surface area contributed by atoms with Gasteiger partial charge in [-0.15, -0.1) is 0 Å². The van der Waals surface area contributed by atoms with Gasteiger partial charge in [0.15, 0.2) is 45.7 Å². The zero-order chi connectivity index (χ0) is 87.7. The molecule has 121 heavy (non-hydrogen) atoms. The smallest absolute Gasteiger partial charge is 0.349 e. The van der Waals surface area contributed by atoms with Crippen molar-refractivity contribution >= 4 is 80.7 Å². The number of carbonyl (C=O) groups excluding carboxylic acids is 3. The number of aliphatic carboxylic acids is 1. The number of nitrogens with one attached hydrogen (secondary N) is 4. The first-order valence-corrected chi connectivity index (χ1v) is 41.7. The van der Waals surface area contributed by atoms with Crippen molar-refractivity contribution in [1.82, 2.24) is 68.5 Å². The molecule has 4 aromatic carbocycles. The van der Waals surface area contributed by atoms with E-state index < -0.39 is 50.7 Å². The van der Waals surface area contributed by atoms with Crippen LogP contribution in [0.2, 0.25) is 0 Å². The van der Waals surface area contributed by atoms with Gasteiger partial charge in [-0.05, 0) is 253 Å². The second kappa shape index (κ2) is 40.8. The van der Waals surface area contributed by atoms with Gasteiger partial charge in [-0.3, -0.25) is 53.3 Å². The minimum Gasteiger partial charge on any atom is -0.481 e. The average Bonchev–Trinajstić information content (AvgIpc) is 1.25. The fraction of sp³-hybridized carbons (Fsp3) is 0.494. The fourth-order valence-corrected chi connectivity index (χ4v) is 14.8. The van der Waals surface area contributed by atoms with Gasteiger partial charge in [0.1, 0.15) is 11.1 Å². The number of carboxylic acids is 1. The molecule has 644 valence electrons. The number of nitrogens with zero attached hydrogens (tertiary/aromatic N) is 12. The summed E-state index contributed by atoms with van der Waals surface area (Å²) < 4.78 is 26.4.